The highest BCUT2D eigenvalue weighted by Gasteiger charge is 2.28. The molecule has 1 aliphatic carbocycles. The largest absolute Gasteiger partial charge is 0.474 e. The Morgan fingerprint density at radius 1 is 1.47 bits per heavy atom. The first-order chi connectivity index (χ1) is 9.13. The highest BCUT2D eigenvalue weighted by molar-refractivity contribution is 5.85. The number of ether oxygens (including phenoxy) is 2. The average Bonchev–Trinajstić information content (AvgIpc) is 2.84. The molecular weight excluding hydrogens is 246 g/mol. The van der Waals surface area contributed by atoms with Crippen LogP contribution in [0.15, 0.2) is 6.07 Å². The maximum Gasteiger partial charge on any atom is 0.376 e. The van der Waals surface area contributed by atoms with Crippen LogP contribution in [0, 0.1) is 12.8 Å². The third-order valence-electron chi connectivity index (χ3n) is 3.36. The van der Waals surface area contributed by atoms with Crippen molar-refractivity contribution in [1.82, 2.24) is 9.97 Å². The minimum absolute atomic E-state index is 0.0276. The summed E-state index contributed by atoms with van der Waals surface area (Å²) in [5.74, 6) is 0.241. The monoisotopic (exact) mass is 265 g/mol. The number of hydrogen-bond acceptors (Lipinski definition) is 6. The number of aryl methyl sites for hydroxylation is 1. The van der Waals surface area contributed by atoms with Crippen molar-refractivity contribution < 1.29 is 14.3 Å². The summed E-state index contributed by atoms with van der Waals surface area (Å²) in [4.78, 5) is 19.6. The van der Waals surface area contributed by atoms with Crippen LogP contribution in [0.1, 0.15) is 35.6 Å². The minimum atomic E-state index is -0.560. The van der Waals surface area contributed by atoms with Crippen molar-refractivity contribution in [1.29, 1.82) is 0 Å². The van der Waals surface area contributed by atoms with Gasteiger partial charge in [0.2, 0.25) is 11.7 Å². The molecule has 1 saturated carbocycles. The van der Waals surface area contributed by atoms with Crippen molar-refractivity contribution in [2.24, 2.45) is 11.7 Å². The van der Waals surface area contributed by atoms with Crippen LogP contribution in [-0.4, -0.2) is 35.7 Å². The molecule has 1 heterocycles. The first-order valence-electron chi connectivity index (χ1n) is 6.44. The fourth-order valence-electron chi connectivity index (χ4n) is 2.37. The maximum absolute atomic E-state index is 11.5. The second kappa shape index (κ2) is 5.97. The molecule has 2 unspecified atom stereocenters. The number of rotatable bonds is 4. The Morgan fingerprint density at radius 2 is 2.26 bits per heavy atom. The Balaban J connectivity index is 2.16. The third kappa shape index (κ3) is 3.20. The van der Waals surface area contributed by atoms with Gasteiger partial charge in [0.05, 0.1) is 7.11 Å². The number of aromatic nitrogens is 2. The van der Waals surface area contributed by atoms with E-state index in [4.69, 9.17) is 10.5 Å². The number of hydrogen-bond donors (Lipinski definition) is 1. The number of methoxy groups -OCH3 is 1. The lowest BCUT2D eigenvalue weighted by atomic mass is 10.1. The van der Waals surface area contributed by atoms with Gasteiger partial charge < -0.3 is 15.2 Å². The van der Waals surface area contributed by atoms with Gasteiger partial charge >= 0.3 is 5.97 Å². The third-order valence-corrected chi connectivity index (χ3v) is 3.36. The summed E-state index contributed by atoms with van der Waals surface area (Å²) in [6.07, 6.45) is 3.23. The molecule has 2 atom stereocenters. The van der Waals surface area contributed by atoms with Crippen molar-refractivity contribution in [3.05, 3.63) is 17.6 Å². The van der Waals surface area contributed by atoms with Gasteiger partial charge in [-0.05, 0) is 32.7 Å². The molecule has 1 aliphatic rings. The fourth-order valence-corrected chi connectivity index (χ4v) is 2.37. The van der Waals surface area contributed by atoms with Crippen molar-refractivity contribution >= 4 is 5.97 Å². The Bertz CT molecular complexity index is 464. The summed E-state index contributed by atoms with van der Waals surface area (Å²) >= 11 is 0. The molecule has 1 aromatic rings. The number of carbonyl (C=O) groups is 1. The van der Waals surface area contributed by atoms with Gasteiger partial charge in [-0.1, -0.05) is 0 Å². The second-order valence-electron chi connectivity index (χ2n) is 4.75. The molecule has 0 bridgehead atoms. The van der Waals surface area contributed by atoms with Crippen molar-refractivity contribution in [3.63, 3.8) is 0 Å². The summed E-state index contributed by atoms with van der Waals surface area (Å²) < 4.78 is 10.5. The number of nitrogens with zero attached hydrogens (tertiary/aromatic N) is 2. The van der Waals surface area contributed by atoms with Crippen LogP contribution in [0.4, 0.5) is 0 Å². The first kappa shape index (κ1) is 13.7. The molecule has 104 valence electrons. The Hall–Kier alpha value is -1.69. The lowest BCUT2D eigenvalue weighted by Crippen LogP contribution is -2.28. The molecule has 0 amide bonds. The zero-order valence-electron chi connectivity index (χ0n) is 11.3. The SMILES string of the molecule is COC(=O)c1nc(C)cc(OC2CCCC2CN)n1. The standard InChI is InChI=1S/C13H19N3O3/c1-8-6-11(16-12(15-8)13(17)18-2)19-10-5-3-4-9(10)7-14/h6,9-10H,3-5,7,14H2,1-2H3. The van der Waals surface area contributed by atoms with E-state index >= 15 is 0 Å². The van der Waals surface area contributed by atoms with Crippen LogP contribution in [-0.2, 0) is 4.74 Å². The van der Waals surface area contributed by atoms with Crippen LogP contribution < -0.4 is 10.5 Å². The Kier molecular flexibility index (Phi) is 4.31. The fraction of sp³-hybridized carbons (Fsp3) is 0.615. The van der Waals surface area contributed by atoms with Gasteiger partial charge in [0.1, 0.15) is 6.10 Å². The van der Waals surface area contributed by atoms with E-state index in [0.717, 1.165) is 19.3 Å². The molecule has 0 saturated heterocycles. The smallest absolute Gasteiger partial charge is 0.376 e. The quantitative estimate of drug-likeness (QED) is 0.820. The van der Waals surface area contributed by atoms with Crippen LogP contribution in [0.3, 0.4) is 0 Å². The van der Waals surface area contributed by atoms with Gasteiger partial charge in [-0.2, -0.15) is 4.98 Å². The van der Waals surface area contributed by atoms with E-state index in [1.807, 2.05) is 0 Å². The van der Waals surface area contributed by atoms with E-state index < -0.39 is 5.97 Å². The van der Waals surface area contributed by atoms with E-state index in [-0.39, 0.29) is 11.9 Å². The number of nitrogens with two attached hydrogens (primary N) is 1. The second-order valence-corrected chi connectivity index (χ2v) is 4.75. The van der Waals surface area contributed by atoms with Gasteiger partial charge in [-0.15, -0.1) is 0 Å². The normalized spacial score (nSPS) is 22.3. The summed E-state index contributed by atoms with van der Waals surface area (Å²) in [5, 5.41) is 0. The van der Waals surface area contributed by atoms with Crippen molar-refractivity contribution in [3.8, 4) is 5.88 Å². The molecule has 1 fully saturated rings. The topological polar surface area (TPSA) is 87.3 Å². The predicted octanol–water partition coefficient (Wildman–Crippen LogP) is 1.08. The lowest BCUT2D eigenvalue weighted by Gasteiger charge is -2.19. The maximum atomic E-state index is 11.5. The van der Waals surface area contributed by atoms with Gasteiger partial charge in [0, 0.05) is 17.7 Å². The number of esters is 1. The summed E-state index contributed by atoms with van der Waals surface area (Å²) in [7, 11) is 1.30. The molecule has 0 spiro atoms. The minimum Gasteiger partial charge on any atom is -0.474 e. The summed E-state index contributed by atoms with van der Waals surface area (Å²) in [6, 6.07) is 1.72. The predicted molar refractivity (Wildman–Crippen MR) is 68.9 cm³/mol. The molecule has 6 nitrogen and oxygen atoms in total. The van der Waals surface area contributed by atoms with Crippen LogP contribution in [0.2, 0.25) is 0 Å². The highest BCUT2D eigenvalue weighted by atomic mass is 16.5. The van der Waals surface area contributed by atoms with Crippen LogP contribution in [0.25, 0.3) is 0 Å². The molecule has 6 heteroatoms. The van der Waals surface area contributed by atoms with E-state index in [9.17, 15) is 4.79 Å². The lowest BCUT2D eigenvalue weighted by molar-refractivity contribution is 0.0583. The first-order valence-corrected chi connectivity index (χ1v) is 6.44. The van der Waals surface area contributed by atoms with E-state index in [2.05, 4.69) is 14.7 Å². The highest BCUT2D eigenvalue weighted by Crippen LogP contribution is 2.28. The van der Waals surface area contributed by atoms with Gasteiger partial charge in [-0.3, -0.25) is 0 Å². The van der Waals surface area contributed by atoms with Crippen LogP contribution in [0.5, 0.6) is 5.88 Å². The Labute approximate surface area is 112 Å². The van der Waals surface area contributed by atoms with Gasteiger partial charge in [-0.25, -0.2) is 9.78 Å². The zero-order chi connectivity index (χ0) is 13.8. The molecular formula is C13H19N3O3. The molecule has 19 heavy (non-hydrogen) atoms. The van der Waals surface area contributed by atoms with E-state index in [1.165, 1.54) is 7.11 Å². The molecule has 2 N–H and O–H groups in total. The summed E-state index contributed by atoms with van der Waals surface area (Å²) in [6.45, 7) is 2.40. The molecule has 2 rings (SSSR count). The van der Waals surface area contributed by atoms with Crippen LogP contribution >= 0.6 is 0 Å². The molecule has 0 aromatic carbocycles. The molecule has 0 radical (unpaired) electrons. The van der Waals surface area contributed by atoms with E-state index in [0.29, 0.717) is 24.0 Å². The van der Waals surface area contributed by atoms with Crippen molar-refractivity contribution in [2.45, 2.75) is 32.3 Å². The van der Waals surface area contributed by atoms with Gasteiger partial charge in [0.15, 0.2) is 0 Å². The van der Waals surface area contributed by atoms with Crippen molar-refractivity contribution in [2.75, 3.05) is 13.7 Å². The molecule has 0 aliphatic heterocycles. The molecule has 1 aromatic heterocycles. The Morgan fingerprint density at radius 3 is 2.95 bits per heavy atom. The number of carbonyl (C=O) groups excluding carboxylic acids is 1. The average molecular weight is 265 g/mol. The zero-order valence-corrected chi connectivity index (χ0v) is 11.3. The summed E-state index contributed by atoms with van der Waals surface area (Å²) in [5.41, 5.74) is 6.39. The van der Waals surface area contributed by atoms with E-state index in [1.54, 1.807) is 13.0 Å². The van der Waals surface area contributed by atoms with Gasteiger partial charge in [0.25, 0.3) is 0 Å².